The third kappa shape index (κ3) is 4.12. The number of carbonyl (C=O) groups excluding carboxylic acids is 1. The van der Waals surface area contributed by atoms with Gasteiger partial charge in [-0.3, -0.25) is 9.78 Å². The number of benzene rings is 2. The molecule has 3 N–H and O–H groups in total. The second-order valence-corrected chi connectivity index (χ2v) is 7.23. The Morgan fingerprint density at radius 3 is 2.76 bits per heavy atom. The van der Waals surface area contributed by atoms with Crippen molar-refractivity contribution in [3.05, 3.63) is 78.4 Å². The van der Waals surface area contributed by atoms with Crippen LogP contribution in [0.15, 0.2) is 67.0 Å². The Hall–Kier alpha value is -3.25. The number of carbonyl (C=O) groups is 1. The summed E-state index contributed by atoms with van der Waals surface area (Å²) in [5, 5.41) is 2.83. The van der Waals surface area contributed by atoms with Gasteiger partial charge in [0.15, 0.2) is 0 Å². The number of nitrogens with one attached hydrogen (secondary N) is 1. The lowest BCUT2D eigenvalue weighted by atomic mass is 10.0. The van der Waals surface area contributed by atoms with Crippen molar-refractivity contribution in [2.45, 2.75) is 18.9 Å². The van der Waals surface area contributed by atoms with Crippen molar-refractivity contribution in [3.63, 3.8) is 0 Å². The number of nitrogens with two attached hydrogens (primary N) is 1. The second kappa shape index (κ2) is 8.41. The van der Waals surface area contributed by atoms with Gasteiger partial charge in [0.05, 0.1) is 23.1 Å². The molecule has 1 aliphatic heterocycles. The van der Waals surface area contributed by atoms with E-state index < -0.39 is 11.7 Å². The molecular formula is C23H23FN4O. The lowest BCUT2D eigenvalue weighted by molar-refractivity contribution is 0.102. The zero-order chi connectivity index (χ0) is 20.2. The lowest BCUT2D eigenvalue weighted by Gasteiger charge is -2.33. The molecule has 4 rings (SSSR count). The first-order valence-corrected chi connectivity index (χ1v) is 9.73. The maximum Gasteiger partial charge on any atom is 0.258 e. The highest BCUT2D eigenvalue weighted by atomic mass is 19.1. The molecule has 1 aliphatic rings. The molecule has 1 atom stereocenters. The van der Waals surface area contributed by atoms with Crippen molar-refractivity contribution >= 4 is 17.3 Å². The standard InChI is InChI=1S/C23H23FN4O/c24-22-18(16-6-2-1-3-7-16)9-4-10-19(22)23(29)27-20-14-26-12-11-21(20)28-13-5-8-17(25)15-28/h1-4,6-7,9-12,14,17H,5,8,13,15,25H2,(H,27,29)/t17-/m0/s1. The first-order chi connectivity index (χ1) is 14.1. The van der Waals surface area contributed by atoms with Gasteiger partial charge >= 0.3 is 0 Å². The van der Waals surface area contributed by atoms with E-state index in [1.807, 2.05) is 36.4 Å². The molecule has 2 heterocycles. The predicted octanol–water partition coefficient (Wildman–Crippen LogP) is 4.07. The van der Waals surface area contributed by atoms with E-state index in [2.05, 4.69) is 15.2 Å². The molecule has 0 radical (unpaired) electrons. The normalized spacial score (nSPS) is 16.5. The highest BCUT2D eigenvalue weighted by Gasteiger charge is 2.21. The van der Waals surface area contributed by atoms with Gasteiger partial charge in [-0.05, 0) is 30.5 Å². The fraction of sp³-hybridized carbons (Fsp3) is 0.217. The number of piperidine rings is 1. The van der Waals surface area contributed by atoms with Crippen molar-refractivity contribution in [2.24, 2.45) is 5.73 Å². The van der Waals surface area contributed by atoms with Crippen LogP contribution < -0.4 is 16.0 Å². The third-order valence-electron chi connectivity index (χ3n) is 5.17. The summed E-state index contributed by atoms with van der Waals surface area (Å²) in [5.74, 6) is -1.04. The Morgan fingerprint density at radius 1 is 1.14 bits per heavy atom. The van der Waals surface area contributed by atoms with Gasteiger partial charge in [-0.2, -0.15) is 0 Å². The van der Waals surface area contributed by atoms with Gasteiger partial charge in [-0.15, -0.1) is 0 Å². The van der Waals surface area contributed by atoms with Crippen molar-refractivity contribution in [1.82, 2.24) is 4.98 Å². The highest BCUT2D eigenvalue weighted by Crippen LogP contribution is 2.29. The summed E-state index contributed by atoms with van der Waals surface area (Å²) in [6, 6.07) is 16.0. The number of rotatable bonds is 4. The van der Waals surface area contributed by atoms with E-state index >= 15 is 4.39 Å². The summed E-state index contributed by atoms with van der Waals surface area (Å²) >= 11 is 0. The molecule has 0 saturated carbocycles. The summed E-state index contributed by atoms with van der Waals surface area (Å²) in [7, 11) is 0. The Morgan fingerprint density at radius 2 is 1.97 bits per heavy atom. The van der Waals surface area contributed by atoms with E-state index in [1.54, 1.807) is 24.5 Å². The number of hydrogen-bond acceptors (Lipinski definition) is 4. The third-order valence-corrected chi connectivity index (χ3v) is 5.17. The Bertz CT molecular complexity index is 1010. The number of aromatic nitrogens is 1. The van der Waals surface area contributed by atoms with Gasteiger partial charge in [0, 0.05) is 30.9 Å². The van der Waals surface area contributed by atoms with Crippen LogP contribution >= 0.6 is 0 Å². The van der Waals surface area contributed by atoms with E-state index in [0.717, 1.165) is 30.6 Å². The summed E-state index contributed by atoms with van der Waals surface area (Å²) < 4.78 is 15.1. The van der Waals surface area contributed by atoms with Crippen LogP contribution in [0.25, 0.3) is 11.1 Å². The number of anilines is 2. The molecule has 0 unspecified atom stereocenters. The molecule has 1 amide bonds. The molecule has 6 heteroatoms. The van der Waals surface area contributed by atoms with Crippen molar-refractivity contribution in [3.8, 4) is 11.1 Å². The molecule has 0 bridgehead atoms. The Kier molecular flexibility index (Phi) is 5.53. The topological polar surface area (TPSA) is 71.2 Å². The van der Waals surface area contributed by atoms with Crippen LogP contribution in [0.2, 0.25) is 0 Å². The smallest absolute Gasteiger partial charge is 0.258 e. The molecule has 29 heavy (non-hydrogen) atoms. The van der Waals surface area contributed by atoms with Crippen LogP contribution in [-0.2, 0) is 0 Å². The van der Waals surface area contributed by atoms with E-state index in [1.165, 1.54) is 6.07 Å². The van der Waals surface area contributed by atoms with Gasteiger partial charge in [-0.25, -0.2) is 4.39 Å². The summed E-state index contributed by atoms with van der Waals surface area (Å²) in [5.41, 5.74) is 8.62. The van der Waals surface area contributed by atoms with Gasteiger partial charge in [0.25, 0.3) is 5.91 Å². The number of pyridine rings is 1. The zero-order valence-corrected chi connectivity index (χ0v) is 16.0. The molecule has 148 valence electrons. The maximum absolute atomic E-state index is 15.1. The first kappa shape index (κ1) is 19.1. The van der Waals surface area contributed by atoms with E-state index in [-0.39, 0.29) is 11.6 Å². The van der Waals surface area contributed by atoms with Crippen LogP contribution in [0, 0.1) is 5.82 Å². The quantitative estimate of drug-likeness (QED) is 0.705. The van der Waals surface area contributed by atoms with Crippen LogP contribution in [0.5, 0.6) is 0 Å². The second-order valence-electron chi connectivity index (χ2n) is 7.23. The molecule has 2 aromatic carbocycles. The first-order valence-electron chi connectivity index (χ1n) is 9.73. The summed E-state index contributed by atoms with van der Waals surface area (Å²) in [6.45, 7) is 1.57. The van der Waals surface area contributed by atoms with Gasteiger partial charge in [0.2, 0.25) is 0 Å². The molecule has 0 aliphatic carbocycles. The molecule has 5 nitrogen and oxygen atoms in total. The molecule has 1 fully saturated rings. The average Bonchev–Trinajstić information content (AvgIpc) is 2.75. The minimum absolute atomic E-state index is 0.00324. The minimum atomic E-state index is -0.540. The molecule has 3 aromatic rings. The lowest BCUT2D eigenvalue weighted by Crippen LogP contribution is -2.43. The highest BCUT2D eigenvalue weighted by molar-refractivity contribution is 6.06. The van der Waals surface area contributed by atoms with Crippen LogP contribution in [0.3, 0.4) is 0 Å². The average molecular weight is 390 g/mol. The number of halogens is 1. The molecule has 0 spiro atoms. The summed E-state index contributed by atoms with van der Waals surface area (Å²) in [6.07, 6.45) is 5.25. The fourth-order valence-electron chi connectivity index (χ4n) is 3.73. The largest absolute Gasteiger partial charge is 0.368 e. The summed E-state index contributed by atoms with van der Waals surface area (Å²) in [4.78, 5) is 19.2. The number of hydrogen-bond donors (Lipinski definition) is 2. The minimum Gasteiger partial charge on any atom is -0.368 e. The number of amides is 1. The van der Waals surface area contributed by atoms with Crippen molar-refractivity contribution in [2.75, 3.05) is 23.3 Å². The van der Waals surface area contributed by atoms with Gasteiger partial charge < -0.3 is 16.0 Å². The number of nitrogens with zero attached hydrogens (tertiary/aromatic N) is 2. The van der Waals surface area contributed by atoms with Crippen molar-refractivity contribution in [1.29, 1.82) is 0 Å². The molecule has 1 saturated heterocycles. The maximum atomic E-state index is 15.1. The van der Waals surface area contributed by atoms with E-state index in [9.17, 15) is 4.79 Å². The monoisotopic (exact) mass is 390 g/mol. The Balaban J connectivity index is 1.61. The van der Waals surface area contributed by atoms with Gasteiger partial charge in [-0.1, -0.05) is 42.5 Å². The SMILES string of the molecule is N[C@H]1CCCN(c2ccncc2NC(=O)c2cccc(-c3ccccc3)c2F)C1. The van der Waals surface area contributed by atoms with Crippen LogP contribution in [0.4, 0.5) is 15.8 Å². The van der Waals surface area contributed by atoms with Crippen molar-refractivity contribution < 1.29 is 9.18 Å². The molecular weight excluding hydrogens is 367 g/mol. The van der Waals surface area contributed by atoms with Gasteiger partial charge in [0.1, 0.15) is 5.82 Å². The van der Waals surface area contributed by atoms with Crippen LogP contribution in [0.1, 0.15) is 23.2 Å². The van der Waals surface area contributed by atoms with E-state index in [4.69, 9.17) is 5.73 Å². The fourth-order valence-corrected chi connectivity index (χ4v) is 3.73. The van der Waals surface area contributed by atoms with E-state index in [0.29, 0.717) is 17.8 Å². The Labute approximate surface area is 169 Å². The van der Waals surface area contributed by atoms with Crippen LogP contribution in [-0.4, -0.2) is 30.0 Å². The molecule has 1 aromatic heterocycles. The predicted molar refractivity (Wildman–Crippen MR) is 113 cm³/mol. The zero-order valence-electron chi connectivity index (χ0n) is 16.0.